The van der Waals surface area contributed by atoms with Gasteiger partial charge in [-0.15, -0.1) is 0 Å². The molecular formula is C10H17N3O. The average molecular weight is 195 g/mol. The van der Waals surface area contributed by atoms with Crippen LogP contribution in [0.25, 0.3) is 0 Å². The van der Waals surface area contributed by atoms with E-state index < -0.39 is 0 Å². The molecule has 4 heteroatoms. The lowest BCUT2D eigenvalue weighted by Gasteiger charge is -2.14. The van der Waals surface area contributed by atoms with Crippen molar-refractivity contribution in [3.05, 3.63) is 11.9 Å². The molecule has 78 valence electrons. The second-order valence-electron chi connectivity index (χ2n) is 3.31. The number of nitrogens with one attached hydrogen (secondary N) is 1. The zero-order valence-corrected chi connectivity index (χ0v) is 9.16. The second kappa shape index (κ2) is 4.79. The van der Waals surface area contributed by atoms with Gasteiger partial charge in [0.25, 0.3) is 0 Å². The summed E-state index contributed by atoms with van der Waals surface area (Å²) >= 11 is 0. The van der Waals surface area contributed by atoms with E-state index >= 15 is 0 Å². The Labute approximate surface area is 84.7 Å². The lowest BCUT2D eigenvalue weighted by Crippen LogP contribution is -2.15. The topological polar surface area (TPSA) is 47.0 Å². The zero-order valence-electron chi connectivity index (χ0n) is 9.16. The van der Waals surface area contributed by atoms with Gasteiger partial charge in [0.05, 0.1) is 12.7 Å². The van der Waals surface area contributed by atoms with E-state index in [0.29, 0.717) is 11.9 Å². The van der Waals surface area contributed by atoms with Crippen LogP contribution in [-0.4, -0.2) is 23.1 Å². The second-order valence-corrected chi connectivity index (χ2v) is 3.31. The van der Waals surface area contributed by atoms with Gasteiger partial charge in [0.2, 0.25) is 5.88 Å². The van der Waals surface area contributed by atoms with Crippen molar-refractivity contribution in [2.45, 2.75) is 33.2 Å². The van der Waals surface area contributed by atoms with E-state index in [4.69, 9.17) is 4.74 Å². The quantitative estimate of drug-likeness (QED) is 0.798. The highest BCUT2D eigenvalue weighted by atomic mass is 16.5. The van der Waals surface area contributed by atoms with E-state index in [-0.39, 0.29) is 0 Å². The largest absolute Gasteiger partial charge is 0.481 e. The van der Waals surface area contributed by atoms with Gasteiger partial charge >= 0.3 is 0 Å². The summed E-state index contributed by atoms with van der Waals surface area (Å²) in [4.78, 5) is 8.19. The summed E-state index contributed by atoms with van der Waals surface area (Å²) in [5.74, 6) is 1.48. The van der Waals surface area contributed by atoms with Crippen molar-refractivity contribution >= 4 is 5.82 Å². The molecule has 0 fully saturated rings. The summed E-state index contributed by atoms with van der Waals surface area (Å²) in [6, 6.07) is 0.410. The van der Waals surface area contributed by atoms with Gasteiger partial charge < -0.3 is 10.1 Å². The third-order valence-electron chi connectivity index (χ3n) is 2.23. The lowest BCUT2D eigenvalue weighted by molar-refractivity contribution is 0.393. The van der Waals surface area contributed by atoms with E-state index in [2.05, 4.69) is 29.1 Å². The minimum atomic E-state index is 0.410. The Morgan fingerprint density at radius 2 is 2.21 bits per heavy atom. The predicted octanol–water partition coefficient (Wildman–Crippen LogP) is 2.00. The molecule has 4 nitrogen and oxygen atoms in total. The summed E-state index contributed by atoms with van der Waals surface area (Å²) in [6.07, 6.45) is 2.57. The number of hydrogen-bond acceptors (Lipinski definition) is 4. The Hall–Kier alpha value is -1.32. The third-order valence-corrected chi connectivity index (χ3v) is 2.23. The fourth-order valence-corrected chi connectivity index (χ4v) is 1.12. The molecule has 1 N–H and O–H groups in total. The van der Waals surface area contributed by atoms with Gasteiger partial charge in [0.1, 0.15) is 12.1 Å². The smallest absolute Gasteiger partial charge is 0.221 e. The van der Waals surface area contributed by atoms with Crippen molar-refractivity contribution < 1.29 is 4.74 Å². The highest BCUT2D eigenvalue weighted by molar-refractivity contribution is 5.48. The summed E-state index contributed by atoms with van der Waals surface area (Å²) in [7, 11) is 1.61. The van der Waals surface area contributed by atoms with Crippen LogP contribution in [0.4, 0.5) is 5.82 Å². The van der Waals surface area contributed by atoms with Crippen LogP contribution in [0.15, 0.2) is 6.33 Å². The first kappa shape index (κ1) is 10.8. The number of aromatic nitrogens is 2. The Bertz CT molecular complexity index is 301. The fraction of sp³-hybridized carbons (Fsp3) is 0.600. The molecule has 0 aromatic carbocycles. The summed E-state index contributed by atoms with van der Waals surface area (Å²) in [5.41, 5.74) is 0.954. The van der Waals surface area contributed by atoms with Crippen molar-refractivity contribution in [3.8, 4) is 5.88 Å². The summed E-state index contributed by atoms with van der Waals surface area (Å²) in [6.45, 7) is 6.20. The first-order valence-corrected chi connectivity index (χ1v) is 4.81. The molecule has 1 unspecified atom stereocenters. The monoisotopic (exact) mass is 195 g/mol. The van der Waals surface area contributed by atoms with Crippen molar-refractivity contribution in [3.63, 3.8) is 0 Å². The predicted molar refractivity (Wildman–Crippen MR) is 56.7 cm³/mol. The molecule has 1 aromatic heterocycles. The van der Waals surface area contributed by atoms with Gasteiger partial charge in [0.15, 0.2) is 0 Å². The van der Waals surface area contributed by atoms with E-state index in [0.717, 1.165) is 17.8 Å². The number of hydrogen-bond donors (Lipinski definition) is 1. The molecule has 0 radical (unpaired) electrons. The maximum Gasteiger partial charge on any atom is 0.221 e. The Morgan fingerprint density at radius 3 is 2.79 bits per heavy atom. The highest BCUT2D eigenvalue weighted by Gasteiger charge is 2.08. The number of rotatable bonds is 4. The van der Waals surface area contributed by atoms with Gasteiger partial charge in [-0.2, -0.15) is 0 Å². The van der Waals surface area contributed by atoms with E-state index in [9.17, 15) is 0 Å². The molecule has 0 aliphatic rings. The lowest BCUT2D eigenvalue weighted by atomic mass is 10.2. The average Bonchev–Trinajstić information content (AvgIpc) is 2.21. The highest BCUT2D eigenvalue weighted by Crippen LogP contribution is 2.20. The van der Waals surface area contributed by atoms with Crippen LogP contribution in [0.2, 0.25) is 0 Å². The minimum absolute atomic E-state index is 0.410. The third kappa shape index (κ3) is 2.34. The van der Waals surface area contributed by atoms with E-state index in [1.807, 2.05) is 6.92 Å². The van der Waals surface area contributed by atoms with Crippen molar-refractivity contribution in [2.75, 3.05) is 12.4 Å². The van der Waals surface area contributed by atoms with Crippen LogP contribution >= 0.6 is 0 Å². The van der Waals surface area contributed by atoms with Crippen molar-refractivity contribution in [1.82, 2.24) is 9.97 Å². The van der Waals surface area contributed by atoms with Crippen LogP contribution in [0.5, 0.6) is 5.88 Å². The van der Waals surface area contributed by atoms with Crippen LogP contribution in [0.3, 0.4) is 0 Å². The molecule has 1 atom stereocenters. The normalized spacial score (nSPS) is 12.3. The summed E-state index contributed by atoms with van der Waals surface area (Å²) in [5, 5.41) is 3.30. The Balaban J connectivity index is 2.86. The van der Waals surface area contributed by atoms with Crippen LogP contribution in [0, 0.1) is 6.92 Å². The van der Waals surface area contributed by atoms with Gasteiger partial charge in [-0.1, -0.05) is 6.92 Å². The number of methoxy groups -OCH3 is 1. The molecule has 0 bridgehead atoms. The van der Waals surface area contributed by atoms with Gasteiger partial charge in [0, 0.05) is 6.04 Å². The molecule has 14 heavy (non-hydrogen) atoms. The molecule has 1 heterocycles. The van der Waals surface area contributed by atoms with Gasteiger partial charge in [-0.3, -0.25) is 0 Å². The molecule has 0 amide bonds. The van der Waals surface area contributed by atoms with Crippen LogP contribution in [-0.2, 0) is 0 Å². The standard InChI is InChI=1S/C10H17N3O/c1-5-7(2)13-9-8(3)10(14-4)12-6-11-9/h6-7H,5H2,1-4H3,(H,11,12,13). The number of nitrogens with zero attached hydrogens (tertiary/aromatic N) is 2. The first-order valence-electron chi connectivity index (χ1n) is 4.81. The van der Waals surface area contributed by atoms with Gasteiger partial charge in [-0.25, -0.2) is 9.97 Å². The molecule has 1 aromatic rings. The van der Waals surface area contributed by atoms with E-state index in [1.54, 1.807) is 7.11 Å². The molecule has 0 aliphatic heterocycles. The Morgan fingerprint density at radius 1 is 1.50 bits per heavy atom. The first-order chi connectivity index (χ1) is 6.69. The molecular weight excluding hydrogens is 178 g/mol. The molecule has 0 aliphatic carbocycles. The van der Waals surface area contributed by atoms with Crippen molar-refractivity contribution in [1.29, 1.82) is 0 Å². The van der Waals surface area contributed by atoms with Crippen LogP contribution < -0.4 is 10.1 Å². The van der Waals surface area contributed by atoms with E-state index in [1.165, 1.54) is 6.33 Å². The fourth-order valence-electron chi connectivity index (χ4n) is 1.12. The zero-order chi connectivity index (χ0) is 10.6. The number of ether oxygens (including phenoxy) is 1. The van der Waals surface area contributed by atoms with Crippen molar-refractivity contribution in [2.24, 2.45) is 0 Å². The van der Waals surface area contributed by atoms with Gasteiger partial charge in [-0.05, 0) is 20.3 Å². The van der Waals surface area contributed by atoms with Crippen LogP contribution in [0.1, 0.15) is 25.8 Å². The SMILES string of the molecule is CCC(C)Nc1ncnc(OC)c1C. The maximum absolute atomic E-state index is 5.11. The molecule has 0 saturated heterocycles. The maximum atomic E-state index is 5.11. The minimum Gasteiger partial charge on any atom is -0.481 e. The number of anilines is 1. The molecule has 0 saturated carbocycles. The molecule has 1 rings (SSSR count). The summed E-state index contributed by atoms with van der Waals surface area (Å²) < 4.78 is 5.11. The molecule has 0 spiro atoms. The Kier molecular flexibility index (Phi) is 3.68.